The largest absolute Gasteiger partial charge is 0.417 e. The normalized spacial score (nSPS) is 14.6. The number of carbonyl (C=O) groups is 1. The van der Waals surface area contributed by atoms with Crippen molar-refractivity contribution in [3.63, 3.8) is 0 Å². The number of rotatable bonds is 10. The van der Waals surface area contributed by atoms with Crippen molar-refractivity contribution in [2.45, 2.75) is 57.0 Å². The maximum Gasteiger partial charge on any atom is 0.417 e. The molecule has 1 aromatic heterocycles. The molecule has 0 fully saturated rings. The standard InChI is InChI=1S/C22H24Cl2F4N2O3/c1-2-7-21(25,20-17(24)9-13(11-29-20)18(32)12-31)8-3-4-19(33)30-14-5-6-16(23)15(10-14)22(26,27)28/h5-6,9-11,18,31-32H,2-4,7-8,12H2,1H3,(H,30,33)/t18-,21?/m1/s1. The van der Waals surface area contributed by atoms with Gasteiger partial charge in [0.05, 0.1) is 27.9 Å². The first kappa shape index (κ1) is 27.3. The van der Waals surface area contributed by atoms with Crippen molar-refractivity contribution in [1.82, 2.24) is 4.98 Å². The first-order valence-electron chi connectivity index (χ1n) is 10.2. The van der Waals surface area contributed by atoms with Gasteiger partial charge < -0.3 is 15.5 Å². The molecule has 0 saturated carbocycles. The number of hydrogen-bond donors (Lipinski definition) is 3. The lowest BCUT2D eigenvalue weighted by Crippen LogP contribution is -2.23. The molecule has 5 nitrogen and oxygen atoms in total. The van der Waals surface area contributed by atoms with Crippen molar-refractivity contribution in [3.8, 4) is 0 Å². The van der Waals surface area contributed by atoms with E-state index in [1.165, 1.54) is 18.3 Å². The Labute approximate surface area is 198 Å². The van der Waals surface area contributed by atoms with Crippen LogP contribution in [0.1, 0.15) is 62.0 Å². The zero-order valence-corrected chi connectivity index (χ0v) is 19.2. The van der Waals surface area contributed by atoms with Gasteiger partial charge in [-0.3, -0.25) is 9.78 Å². The van der Waals surface area contributed by atoms with Crippen molar-refractivity contribution in [2.75, 3.05) is 11.9 Å². The summed E-state index contributed by atoms with van der Waals surface area (Å²) in [6.45, 7) is 1.23. The highest BCUT2D eigenvalue weighted by Crippen LogP contribution is 2.40. The predicted octanol–water partition coefficient (Wildman–Crippen LogP) is 6.21. The van der Waals surface area contributed by atoms with Gasteiger partial charge in [-0.2, -0.15) is 13.2 Å². The summed E-state index contributed by atoms with van der Waals surface area (Å²) in [5.74, 6) is -0.579. The average molecular weight is 511 g/mol. The molecule has 1 heterocycles. The van der Waals surface area contributed by atoms with Crippen LogP contribution in [0.15, 0.2) is 30.5 Å². The second kappa shape index (κ2) is 11.5. The first-order valence-corrected chi connectivity index (χ1v) is 11.0. The maximum absolute atomic E-state index is 15.8. The van der Waals surface area contributed by atoms with Gasteiger partial charge in [0.2, 0.25) is 5.91 Å². The lowest BCUT2D eigenvalue weighted by Gasteiger charge is -2.26. The van der Waals surface area contributed by atoms with Crippen LogP contribution in [0.3, 0.4) is 0 Å². The molecule has 0 saturated heterocycles. The third-order valence-electron chi connectivity index (χ3n) is 5.02. The van der Waals surface area contributed by atoms with Crippen LogP contribution in [-0.2, 0) is 16.6 Å². The molecular weight excluding hydrogens is 487 g/mol. The molecule has 182 valence electrons. The number of amides is 1. The van der Waals surface area contributed by atoms with E-state index in [-0.39, 0.29) is 47.7 Å². The number of nitrogens with zero attached hydrogens (tertiary/aromatic N) is 1. The van der Waals surface area contributed by atoms with E-state index in [0.29, 0.717) is 6.42 Å². The number of pyridine rings is 1. The monoisotopic (exact) mass is 510 g/mol. The summed E-state index contributed by atoms with van der Waals surface area (Å²) in [5.41, 5.74) is -2.88. The summed E-state index contributed by atoms with van der Waals surface area (Å²) in [7, 11) is 0. The highest BCUT2D eigenvalue weighted by molar-refractivity contribution is 6.31. The summed E-state index contributed by atoms with van der Waals surface area (Å²) in [4.78, 5) is 16.3. The molecule has 0 aliphatic heterocycles. The lowest BCUT2D eigenvalue weighted by molar-refractivity contribution is -0.137. The van der Waals surface area contributed by atoms with Crippen LogP contribution in [0.25, 0.3) is 0 Å². The van der Waals surface area contributed by atoms with Crippen molar-refractivity contribution in [2.24, 2.45) is 0 Å². The third-order valence-corrected chi connectivity index (χ3v) is 5.64. The second-order valence-electron chi connectivity index (χ2n) is 7.61. The number of anilines is 1. The molecule has 2 atom stereocenters. The molecule has 11 heteroatoms. The lowest BCUT2D eigenvalue weighted by atomic mass is 9.89. The Bertz CT molecular complexity index is 975. The SMILES string of the molecule is CCCC(F)(CCCC(=O)Nc1ccc(Cl)c(C(F)(F)F)c1)c1ncc([C@H](O)CO)cc1Cl. The third kappa shape index (κ3) is 7.27. The predicted molar refractivity (Wildman–Crippen MR) is 118 cm³/mol. The highest BCUT2D eigenvalue weighted by atomic mass is 35.5. The molecule has 0 radical (unpaired) electrons. The minimum Gasteiger partial charge on any atom is -0.393 e. The van der Waals surface area contributed by atoms with Crippen molar-refractivity contribution >= 4 is 34.8 Å². The molecule has 2 rings (SSSR count). The topological polar surface area (TPSA) is 82.5 Å². The first-order chi connectivity index (χ1) is 15.4. The molecule has 2 aromatic rings. The van der Waals surface area contributed by atoms with Crippen LogP contribution < -0.4 is 5.32 Å². The van der Waals surface area contributed by atoms with Gasteiger partial charge in [0.25, 0.3) is 0 Å². The minimum absolute atomic E-state index is 0.0127. The summed E-state index contributed by atoms with van der Waals surface area (Å²) >= 11 is 11.8. The summed E-state index contributed by atoms with van der Waals surface area (Å²) < 4.78 is 54.7. The van der Waals surface area contributed by atoms with Crippen molar-refractivity contribution < 1.29 is 32.6 Å². The van der Waals surface area contributed by atoms with E-state index in [9.17, 15) is 23.1 Å². The molecule has 0 bridgehead atoms. The summed E-state index contributed by atoms with van der Waals surface area (Å²) in [6.07, 6.45) is -4.24. The fraction of sp³-hybridized carbons (Fsp3) is 0.455. The van der Waals surface area contributed by atoms with E-state index < -0.39 is 41.0 Å². The van der Waals surface area contributed by atoms with Gasteiger partial charge in [0.1, 0.15) is 6.10 Å². The molecule has 0 aliphatic rings. The number of alkyl halides is 4. The van der Waals surface area contributed by atoms with Crippen LogP contribution in [0.5, 0.6) is 0 Å². The molecule has 1 amide bonds. The van der Waals surface area contributed by atoms with E-state index in [2.05, 4.69) is 10.3 Å². The Morgan fingerprint density at radius 2 is 1.85 bits per heavy atom. The van der Waals surface area contributed by atoms with Gasteiger partial charge in [0, 0.05) is 23.9 Å². The van der Waals surface area contributed by atoms with Gasteiger partial charge in [-0.25, -0.2) is 4.39 Å². The van der Waals surface area contributed by atoms with E-state index in [0.717, 1.165) is 12.1 Å². The number of carbonyl (C=O) groups excluding carboxylic acids is 1. The summed E-state index contributed by atoms with van der Waals surface area (Å²) in [5, 5.41) is 20.6. The maximum atomic E-state index is 15.8. The summed E-state index contributed by atoms with van der Waals surface area (Å²) in [6, 6.07) is 4.36. The molecule has 1 unspecified atom stereocenters. The Morgan fingerprint density at radius 3 is 2.42 bits per heavy atom. The van der Waals surface area contributed by atoms with Gasteiger partial charge in [0.15, 0.2) is 5.67 Å². The van der Waals surface area contributed by atoms with Gasteiger partial charge in [-0.15, -0.1) is 0 Å². The Morgan fingerprint density at radius 1 is 1.15 bits per heavy atom. The zero-order chi connectivity index (χ0) is 24.8. The van der Waals surface area contributed by atoms with Crippen molar-refractivity contribution in [1.29, 1.82) is 0 Å². The number of halogens is 6. The number of hydrogen-bond acceptors (Lipinski definition) is 4. The number of aliphatic hydroxyl groups is 2. The Kier molecular flexibility index (Phi) is 9.48. The smallest absolute Gasteiger partial charge is 0.393 e. The van der Waals surface area contributed by atoms with E-state index in [1.54, 1.807) is 6.92 Å². The zero-order valence-electron chi connectivity index (χ0n) is 17.7. The quantitative estimate of drug-likeness (QED) is 0.332. The molecule has 3 N–H and O–H groups in total. The molecule has 0 aliphatic carbocycles. The molecule has 0 spiro atoms. The Balaban J connectivity index is 2.06. The number of aromatic nitrogens is 1. The van der Waals surface area contributed by atoms with Crippen LogP contribution >= 0.6 is 23.2 Å². The van der Waals surface area contributed by atoms with Gasteiger partial charge >= 0.3 is 6.18 Å². The molecule has 33 heavy (non-hydrogen) atoms. The van der Waals surface area contributed by atoms with E-state index in [4.69, 9.17) is 28.3 Å². The highest BCUT2D eigenvalue weighted by Gasteiger charge is 2.35. The second-order valence-corrected chi connectivity index (χ2v) is 8.42. The van der Waals surface area contributed by atoms with Crippen LogP contribution in [-0.4, -0.2) is 27.7 Å². The van der Waals surface area contributed by atoms with E-state index in [1.807, 2.05) is 0 Å². The van der Waals surface area contributed by atoms with E-state index >= 15 is 4.39 Å². The number of benzene rings is 1. The Hall–Kier alpha value is -1.94. The minimum atomic E-state index is -4.67. The number of nitrogens with one attached hydrogen (secondary N) is 1. The molecule has 1 aromatic carbocycles. The van der Waals surface area contributed by atoms with Gasteiger partial charge in [-0.1, -0.05) is 36.5 Å². The van der Waals surface area contributed by atoms with Crippen LogP contribution in [0.4, 0.5) is 23.2 Å². The van der Waals surface area contributed by atoms with Crippen LogP contribution in [0, 0.1) is 0 Å². The fourth-order valence-electron chi connectivity index (χ4n) is 3.40. The fourth-order valence-corrected chi connectivity index (χ4v) is 3.97. The van der Waals surface area contributed by atoms with Crippen LogP contribution in [0.2, 0.25) is 10.0 Å². The van der Waals surface area contributed by atoms with Crippen molar-refractivity contribution in [3.05, 3.63) is 57.3 Å². The molecular formula is C22H24Cl2F4N2O3. The number of aliphatic hydroxyl groups excluding tert-OH is 2. The van der Waals surface area contributed by atoms with Gasteiger partial charge in [-0.05, 0) is 43.5 Å². The average Bonchev–Trinajstić information content (AvgIpc) is 2.73.